The maximum atomic E-state index is 6.40. The standard InChI is InChI=1S/C18H20BrNO/c19-17-7-3-1-5-14(17)12-15(20)11-13-9-10-21-18-8-4-2-6-16(13)18/h1-8,13,15H,9-12,20H2. The van der Waals surface area contributed by atoms with Gasteiger partial charge in [0.05, 0.1) is 6.61 Å². The van der Waals surface area contributed by atoms with Crippen LogP contribution in [0.4, 0.5) is 0 Å². The highest BCUT2D eigenvalue weighted by atomic mass is 79.9. The van der Waals surface area contributed by atoms with Gasteiger partial charge in [0, 0.05) is 10.5 Å². The Hall–Kier alpha value is -1.32. The molecule has 2 atom stereocenters. The number of hydrogen-bond acceptors (Lipinski definition) is 2. The number of halogens is 1. The fraction of sp³-hybridized carbons (Fsp3) is 0.333. The van der Waals surface area contributed by atoms with Crippen molar-refractivity contribution in [1.82, 2.24) is 0 Å². The Bertz CT molecular complexity index is 614. The zero-order valence-electron chi connectivity index (χ0n) is 12.0. The van der Waals surface area contributed by atoms with Crippen LogP contribution in [0.1, 0.15) is 29.9 Å². The molecular formula is C18H20BrNO. The molecule has 2 unspecified atom stereocenters. The summed E-state index contributed by atoms with van der Waals surface area (Å²) < 4.78 is 6.87. The van der Waals surface area contributed by atoms with Crippen molar-refractivity contribution in [2.75, 3.05) is 6.61 Å². The summed E-state index contributed by atoms with van der Waals surface area (Å²) in [5, 5.41) is 0. The van der Waals surface area contributed by atoms with E-state index >= 15 is 0 Å². The second kappa shape index (κ2) is 6.63. The molecule has 0 saturated heterocycles. The van der Waals surface area contributed by atoms with E-state index in [-0.39, 0.29) is 6.04 Å². The lowest BCUT2D eigenvalue weighted by Gasteiger charge is -2.28. The summed E-state index contributed by atoms with van der Waals surface area (Å²) in [5.74, 6) is 1.54. The zero-order chi connectivity index (χ0) is 14.7. The number of benzene rings is 2. The molecule has 2 aromatic carbocycles. The lowest BCUT2D eigenvalue weighted by molar-refractivity contribution is 0.259. The third-order valence-electron chi connectivity index (χ3n) is 4.11. The number of fused-ring (bicyclic) bond motifs is 1. The lowest BCUT2D eigenvalue weighted by atomic mass is 9.86. The summed E-state index contributed by atoms with van der Waals surface area (Å²) in [7, 11) is 0. The third kappa shape index (κ3) is 3.47. The number of hydrogen-bond donors (Lipinski definition) is 1. The molecule has 21 heavy (non-hydrogen) atoms. The molecule has 0 radical (unpaired) electrons. The minimum absolute atomic E-state index is 0.167. The highest BCUT2D eigenvalue weighted by molar-refractivity contribution is 9.10. The van der Waals surface area contributed by atoms with Crippen LogP contribution < -0.4 is 10.5 Å². The number of para-hydroxylation sites is 1. The van der Waals surface area contributed by atoms with Crippen molar-refractivity contribution >= 4 is 15.9 Å². The molecule has 0 aromatic heterocycles. The molecule has 0 spiro atoms. The van der Waals surface area contributed by atoms with Crippen LogP contribution in [0.5, 0.6) is 5.75 Å². The number of ether oxygens (including phenoxy) is 1. The largest absolute Gasteiger partial charge is 0.493 e. The van der Waals surface area contributed by atoms with E-state index in [0.29, 0.717) is 5.92 Å². The van der Waals surface area contributed by atoms with Gasteiger partial charge < -0.3 is 10.5 Å². The van der Waals surface area contributed by atoms with Crippen LogP contribution in [-0.2, 0) is 6.42 Å². The van der Waals surface area contributed by atoms with Crippen molar-refractivity contribution in [2.45, 2.75) is 31.2 Å². The molecule has 0 bridgehead atoms. The van der Waals surface area contributed by atoms with E-state index in [2.05, 4.69) is 52.3 Å². The van der Waals surface area contributed by atoms with Crippen LogP contribution in [0.2, 0.25) is 0 Å². The molecule has 0 saturated carbocycles. The van der Waals surface area contributed by atoms with Gasteiger partial charge in [0.1, 0.15) is 5.75 Å². The maximum absolute atomic E-state index is 6.40. The van der Waals surface area contributed by atoms with E-state index < -0.39 is 0 Å². The van der Waals surface area contributed by atoms with Crippen molar-refractivity contribution in [3.63, 3.8) is 0 Å². The minimum atomic E-state index is 0.167. The van der Waals surface area contributed by atoms with Gasteiger partial charge in [-0.3, -0.25) is 0 Å². The summed E-state index contributed by atoms with van der Waals surface area (Å²) in [6.07, 6.45) is 2.96. The third-order valence-corrected chi connectivity index (χ3v) is 4.88. The van der Waals surface area contributed by atoms with E-state index in [0.717, 1.165) is 36.1 Å². The summed E-state index contributed by atoms with van der Waals surface area (Å²) in [6, 6.07) is 16.8. The predicted molar refractivity (Wildman–Crippen MR) is 89.7 cm³/mol. The average Bonchev–Trinajstić information content (AvgIpc) is 2.50. The zero-order valence-corrected chi connectivity index (χ0v) is 13.6. The molecule has 2 nitrogen and oxygen atoms in total. The van der Waals surface area contributed by atoms with Crippen LogP contribution in [0.3, 0.4) is 0 Å². The van der Waals surface area contributed by atoms with Crippen LogP contribution >= 0.6 is 15.9 Å². The number of rotatable bonds is 4. The van der Waals surface area contributed by atoms with Gasteiger partial charge in [-0.05, 0) is 48.4 Å². The van der Waals surface area contributed by atoms with Gasteiger partial charge in [-0.1, -0.05) is 52.3 Å². The molecule has 0 amide bonds. The molecule has 3 heteroatoms. The van der Waals surface area contributed by atoms with Crippen molar-refractivity contribution in [1.29, 1.82) is 0 Å². The van der Waals surface area contributed by atoms with Gasteiger partial charge in [-0.15, -0.1) is 0 Å². The Kier molecular flexibility index (Phi) is 4.61. The molecule has 1 heterocycles. The predicted octanol–water partition coefficient (Wildman–Crippen LogP) is 4.28. The summed E-state index contributed by atoms with van der Waals surface area (Å²) in [4.78, 5) is 0. The van der Waals surface area contributed by atoms with Gasteiger partial charge in [0.2, 0.25) is 0 Å². The first-order valence-corrected chi connectivity index (χ1v) is 8.24. The summed E-state index contributed by atoms with van der Waals surface area (Å²) in [5.41, 5.74) is 9.00. The molecule has 110 valence electrons. The van der Waals surface area contributed by atoms with Gasteiger partial charge in [-0.25, -0.2) is 0 Å². The van der Waals surface area contributed by atoms with E-state index in [4.69, 9.17) is 10.5 Å². The van der Waals surface area contributed by atoms with E-state index in [1.807, 2.05) is 12.1 Å². The van der Waals surface area contributed by atoms with Crippen molar-refractivity contribution in [3.8, 4) is 5.75 Å². The highest BCUT2D eigenvalue weighted by Crippen LogP contribution is 2.36. The average molecular weight is 346 g/mol. The molecule has 1 aliphatic rings. The fourth-order valence-electron chi connectivity index (χ4n) is 3.06. The lowest BCUT2D eigenvalue weighted by Crippen LogP contribution is -2.27. The van der Waals surface area contributed by atoms with Gasteiger partial charge in [0.15, 0.2) is 0 Å². The molecule has 2 aromatic rings. The maximum Gasteiger partial charge on any atom is 0.122 e. The van der Waals surface area contributed by atoms with Gasteiger partial charge >= 0.3 is 0 Å². The van der Waals surface area contributed by atoms with E-state index in [1.54, 1.807) is 0 Å². The summed E-state index contributed by atoms with van der Waals surface area (Å²) >= 11 is 3.60. The Morgan fingerprint density at radius 2 is 1.90 bits per heavy atom. The quantitative estimate of drug-likeness (QED) is 0.897. The first-order chi connectivity index (χ1) is 10.2. The van der Waals surface area contributed by atoms with E-state index in [9.17, 15) is 0 Å². The topological polar surface area (TPSA) is 35.2 Å². The fourth-order valence-corrected chi connectivity index (χ4v) is 3.50. The van der Waals surface area contributed by atoms with Crippen molar-refractivity contribution < 1.29 is 4.74 Å². The molecule has 0 fully saturated rings. The smallest absolute Gasteiger partial charge is 0.122 e. The van der Waals surface area contributed by atoms with Gasteiger partial charge in [0.25, 0.3) is 0 Å². The summed E-state index contributed by atoms with van der Waals surface area (Å²) in [6.45, 7) is 0.795. The Labute approximate surface area is 134 Å². The molecule has 0 aliphatic carbocycles. The van der Waals surface area contributed by atoms with E-state index in [1.165, 1.54) is 11.1 Å². The Balaban J connectivity index is 1.69. The number of nitrogens with two attached hydrogens (primary N) is 1. The minimum Gasteiger partial charge on any atom is -0.493 e. The van der Waals surface area contributed by atoms with Crippen LogP contribution in [0.25, 0.3) is 0 Å². The van der Waals surface area contributed by atoms with Crippen LogP contribution in [-0.4, -0.2) is 12.6 Å². The van der Waals surface area contributed by atoms with Gasteiger partial charge in [-0.2, -0.15) is 0 Å². The Morgan fingerprint density at radius 1 is 1.14 bits per heavy atom. The SMILES string of the molecule is NC(Cc1ccccc1Br)CC1CCOc2ccccc21. The highest BCUT2D eigenvalue weighted by Gasteiger charge is 2.23. The first kappa shape index (κ1) is 14.6. The molecule has 1 aliphatic heterocycles. The monoisotopic (exact) mass is 345 g/mol. The van der Waals surface area contributed by atoms with Crippen molar-refractivity contribution in [3.05, 3.63) is 64.1 Å². The second-order valence-corrected chi connectivity index (χ2v) is 6.52. The normalized spacial score (nSPS) is 18.7. The molecular weight excluding hydrogens is 326 g/mol. The first-order valence-electron chi connectivity index (χ1n) is 7.45. The van der Waals surface area contributed by atoms with Crippen LogP contribution in [0, 0.1) is 0 Å². The molecule has 2 N–H and O–H groups in total. The van der Waals surface area contributed by atoms with Crippen LogP contribution in [0.15, 0.2) is 53.0 Å². The van der Waals surface area contributed by atoms with Crippen molar-refractivity contribution in [2.24, 2.45) is 5.73 Å². The second-order valence-electron chi connectivity index (χ2n) is 5.66. The molecule has 3 rings (SSSR count). The Morgan fingerprint density at radius 3 is 2.76 bits per heavy atom.